The SMILES string of the molecule is CCC1CCC(CCOC)O1. The van der Waals surface area contributed by atoms with Crippen molar-refractivity contribution in [3.8, 4) is 0 Å². The van der Waals surface area contributed by atoms with Gasteiger partial charge in [0.15, 0.2) is 0 Å². The average Bonchev–Trinajstić information content (AvgIpc) is 2.48. The maximum Gasteiger partial charge on any atom is 0.0601 e. The minimum atomic E-state index is 0.472. The smallest absolute Gasteiger partial charge is 0.0601 e. The van der Waals surface area contributed by atoms with Crippen molar-refractivity contribution in [2.75, 3.05) is 13.7 Å². The highest BCUT2D eigenvalue weighted by Crippen LogP contribution is 2.23. The molecule has 0 aromatic heterocycles. The number of hydrogen-bond donors (Lipinski definition) is 0. The molecule has 0 aromatic carbocycles. The van der Waals surface area contributed by atoms with E-state index in [2.05, 4.69) is 6.92 Å². The summed E-state index contributed by atoms with van der Waals surface area (Å²) >= 11 is 0. The van der Waals surface area contributed by atoms with Crippen LogP contribution in [0.2, 0.25) is 0 Å². The normalized spacial score (nSPS) is 31.1. The molecule has 0 amide bonds. The summed E-state index contributed by atoms with van der Waals surface area (Å²) in [6, 6.07) is 0. The lowest BCUT2D eigenvalue weighted by atomic mass is 10.1. The van der Waals surface area contributed by atoms with E-state index in [0.717, 1.165) is 19.4 Å². The quantitative estimate of drug-likeness (QED) is 0.623. The van der Waals surface area contributed by atoms with Crippen LogP contribution in [0.25, 0.3) is 0 Å². The van der Waals surface area contributed by atoms with Gasteiger partial charge in [0, 0.05) is 13.7 Å². The highest BCUT2D eigenvalue weighted by Gasteiger charge is 2.22. The molecule has 1 fully saturated rings. The predicted octanol–water partition coefficient (Wildman–Crippen LogP) is 1.98. The van der Waals surface area contributed by atoms with Crippen LogP contribution < -0.4 is 0 Å². The van der Waals surface area contributed by atoms with Crippen molar-refractivity contribution in [2.45, 2.75) is 44.8 Å². The van der Waals surface area contributed by atoms with E-state index in [1.165, 1.54) is 12.8 Å². The summed E-state index contributed by atoms with van der Waals surface area (Å²) in [5.41, 5.74) is 0. The third-order valence-corrected chi connectivity index (χ3v) is 2.29. The Hall–Kier alpha value is -0.0800. The molecule has 0 aromatic rings. The first kappa shape index (κ1) is 9.01. The first-order valence-corrected chi connectivity index (χ1v) is 4.51. The van der Waals surface area contributed by atoms with Gasteiger partial charge in [-0.3, -0.25) is 0 Å². The molecule has 1 aliphatic heterocycles. The Morgan fingerprint density at radius 2 is 2.09 bits per heavy atom. The molecular weight excluding hydrogens is 140 g/mol. The Labute approximate surface area is 68.9 Å². The molecule has 11 heavy (non-hydrogen) atoms. The summed E-state index contributed by atoms with van der Waals surface area (Å²) < 4.78 is 10.7. The Bertz CT molecular complexity index is 104. The van der Waals surface area contributed by atoms with Gasteiger partial charge in [-0.1, -0.05) is 6.92 Å². The van der Waals surface area contributed by atoms with Crippen molar-refractivity contribution in [1.82, 2.24) is 0 Å². The van der Waals surface area contributed by atoms with E-state index in [-0.39, 0.29) is 0 Å². The van der Waals surface area contributed by atoms with E-state index < -0.39 is 0 Å². The van der Waals surface area contributed by atoms with Crippen molar-refractivity contribution < 1.29 is 9.47 Å². The first-order chi connectivity index (χ1) is 5.36. The van der Waals surface area contributed by atoms with Crippen molar-refractivity contribution >= 4 is 0 Å². The summed E-state index contributed by atoms with van der Waals surface area (Å²) in [6.45, 7) is 3.02. The molecule has 0 aliphatic carbocycles. The zero-order valence-electron chi connectivity index (χ0n) is 7.51. The second kappa shape index (κ2) is 4.73. The average molecular weight is 158 g/mol. The van der Waals surface area contributed by atoms with Crippen LogP contribution in [-0.4, -0.2) is 25.9 Å². The summed E-state index contributed by atoms with van der Waals surface area (Å²) in [5, 5.41) is 0. The minimum absolute atomic E-state index is 0.472. The standard InChI is InChI=1S/C9H18O2/c1-3-8-4-5-9(11-8)6-7-10-2/h8-9H,3-7H2,1-2H3. The molecule has 2 atom stereocenters. The molecule has 2 heteroatoms. The fourth-order valence-corrected chi connectivity index (χ4v) is 1.54. The predicted molar refractivity (Wildman–Crippen MR) is 44.7 cm³/mol. The van der Waals surface area contributed by atoms with Gasteiger partial charge in [-0.25, -0.2) is 0 Å². The van der Waals surface area contributed by atoms with Gasteiger partial charge in [-0.15, -0.1) is 0 Å². The zero-order valence-corrected chi connectivity index (χ0v) is 7.51. The molecule has 0 N–H and O–H groups in total. The molecule has 0 bridgehead atoms. The number of rotatable bonds is 4. The molecular formula is C9H18O2. The van der Waals surface area contributed by atoms with Gasteiger partial charge < -0.3 is 9.47 Å². The van der Waals surface area contributed by atoms with Crippen molar-refractivity contribution in [3.05, 3.63) is 0 Å². The number of methoxy groups -OCH3 is 1. The van der Waals surface area contributed by atoms with E-state index in [4.69, 9.17) is 9.47 Å². The van der Waals surface area contributed by atoms with Gasteiger partial charge >= 0.3 is 0 Å². The Balaban J connectivity index is 2.09. The molecule has 1 heterocycles. The van der Waals surface area contributed by atoms with E-state index >= 15 is 0 Å². The van der Waals surface area contributed by atoms with Gasteiger partial charge in [-0.05, 0) is 25.7 Å². The molecule has 0 saturated carbocycles. The highest BCUT2D eigenvalue weighted by molar-refractivity contribution is 4.72. The zero-order chi connectivity index (χ0) is 8.10. The van der Waals surface area contributed by atoms with Gasteiger partial charge in [-0.2, -0.15) is 0 Å². The van der Waals surface area contributed by atoms with E-state index in [0.29, 0.717) is 12.2 Å². The fourth-order valence-electron chi connectivity index (χ4n) is 1.54. The molecule has 0 spiro atoms. The number of ether oxygens (including phenoxy) is 2. The summed E-state index contributed by atoms with van der Waals surface area (Å²) in [4.78, 5) is 0. The largest absolute Gasteiger partial charge is 0.385 e. The lowest BCUT2D eigenvalue weighted by Crippen LogP contribution is -2.11. The Kier molecular flexibility index (Phi) is 3.87. The van der Waals surface area contributed by atoms with Crippen LogP contribution in [0.1, 0.15) is 32.6 Å². The molecule has 1 rings (SSSR count). The molecule has 1 aliphatic rings. The van der Waals surface area contributed by atoms with E-state index in [1.54, 1.807) is 7.11 Å². The first-order valence-electron chi connectivity index (χ1n) is 4.51. The lowest BCUT2D eigenvalue weighted by Gasteiger charge is -2.11. The lowest BCUT2D eigenvalue weighted by molar-refractivity contribution is 0.0245. The van der Waals surface area contributed by atoms with Crippen LogP contribution in [0.4, 0.5) is 0 Å². The van der Waals surface area contributed by atoms with Gasteiger partial charge in [0.2, 0.25) is 0 Å². The molecule has 1 saturated heterocycles. The van der Waals surface area contributed by atoms with Gasteiger partial charge in [0.05, 0.1) is 12.2 Å². The maximum absolute atomic E-state index is 5.73. The maximum atomic E-state index is 5.73. The van der Waals surface area contributed by atoms with Crippen LogP contribution in [0.5, 0.6) is 0 Å². The summed E-state index contributed by atoms with van der Waals surface area (Å²) in [7, 11) is 1.74. The highest BCUT2D eigenvalue weighted by atomic mass is 16.5. The van der Waals surface area contributed by atoms with Crippen LogP contribution in [-0.2, 0) is 9.47 Å². The Morgan fingerprint density at radius 3 is 2.64 bits per heavy atom. The fraction of sp³-hybridized carbons (Fsp3) is 1.00. The second-order valence-electron chi connectivity index (χ2n) is 3.15. The molecule has 66 valence electrons. The van der Waals surface area contributed by atoms with Gasteiger partial charge in [0.1, 0.15) is 0 Å². The topological polar surface area (TPSA) is 18.5 Å². The van der Waals surface area contributed by atoms with Crippen LogP contribution in [0.15, 0.2) is 0 Å². The van der Waals surface area contributed by atoms with Crippen LogP contribution >= 0.6 is 0 Å². The van der Waals surface area contributed by atoms with Crippen molar-refractivity contribution in [3.63, 3.8) is 0 Å². The third-order valence-electron chi connectivity index (χ3n) is 2.29. The van der Waals surface area contributed by atoms with Crippen LogP contribution in [0, 0.1) is 0 Å². The third kappa shape index (κ3) is 2.80. The van der Waals surface area contributed by atoms with Crippen LogP contribution in [0.3, 0.4) is 0 Å². The van der Waals surface area contributed by atoms with Crippen molar-refractivity contribution in [2.24, 2.45) is 0 Å². The summed E-state index contributed by atoms with van der Waals surface area (Å²) in [5.74, 6) is 0. The van der Waals surface area contributed by atoms with Gasteiger partial charge in [0.25, 0.3) is 0 Å². The van der Waals surface area contributed by atoms with E-state index in [9.17, 15) is 0 Å². The Morgan fingerprint density at radius 1 is 1.36 bits per heavy atom. The molecule has 2 nitrogen and oxygen atoms in total. The van der Waals surface area contributed by atoms with Crippen molar-refractivity contribution in [1.29, 1.82) is 0 Å². The minimum Gasteiger partial charge on any atom is -0.385 e. The summed E-state index contributed by atoms with van der Waals surface area (Å²) in [6.07, 6.45) is 5.68. The molecule has 0 radical (unpaired) electrons. The molecule has 2 unspecified atom stereocenters. The number of hydrogen-bond acceptors (Lipinski definition) is 2. The monoisotopic (exact) mass is 158 g/mol. The second-order valence-corrected chi connectivity index (χ2v) is 3.15. The van der Waals surface area contributed by atoms with E-state index in [1.807, 2.05) is 0 Å².